The topological polar surface area (TPSA) is 41.3 Å². The number of fused-ring (bicyclic) bond motifs is 1. The van der Waals surface area contributed by atoms with E-state index < -0.39 is 0 Å². The zero-order chi connectivity index (χ0) is 14.2. The van der Waals surface area contributed by atoms with Gasteiger partial charge in [0.1, 0.15) is 17.6 Å². The van der Waals surface area contributed by atoms with Gasteiger partial charge in [0.05, 0.1) is 0 Å². The van der Waals surface area contributed by atoms with Gasteiger partial charge in [0.15, 0.2) is 0 Å². The molecule has 0 amide bonds. The zero-order valence-corrected chi connectivity index (χ0v) is 12.4. The van der Waals surface area contributed by atoms with Crippen molar-refractivity contribution in [1.29, 1.82) is 0 Å². The van der Waals surface area contributed by atoms with Crippen molar-refractivity contribution in [1.82, 2.24) is 10.2 Å². The van der Waals surface area contributed by atoms with Crippen molar-refractivity contribution >= 4 is 5.69 Å². The van der Waals surface area contributed by atoms with Crippen molar-refractivity contribution in [3.63, 3.8) is 0 Å². The minimum Gasteiger partial charge on any atom is -0.362 e. The van der Waals surface area contributed by atoms with Crippen LogP contribution in [0.4, 0.5) is 5.69 Å². The minimum atomic E-state index is 0.347. The van der Waals surface area contributed by atoms with Crippen LogP contribution in [-0.4, -0.2) is 23.3 Å². The average Bonchev–Trinajstić information content (AvgIpc) is 3.21. The van der Waals surface area contributed by atoms with E-state index in [0.29, 0.717) is 11.8 Å². The van der Waals surface area contributed by atoms with Crippen LogP contribution in [-0.2, 0) is 0 Å². The van der Waals surface area contributed by atoms with Crippen LogP contribution in [0.25, 0.3) is 0 Å². The first-order valence-electron chi connectivity index (χ1n) is 7.87. The molecule has 2 aromatic rings. The first-order valence-corrected chi connectivity index (χ1v) is 7.87. The summed E-state index contributed by atoms with van der Waals surface area (Å²) >= 11 is 0. The van der Waals surface area contributed by atoms with Crippen molar-refractivity contribution in [2.24, 2.45) is 0 Å². The third kappa shape index (κ3) is 2.23. The molecule has 0 radical (unpaired) electrons. The van der Waals surface area contributed by atoms with Crippen LogP contribution in [0.15, 0.2) is 35.1 Å². The maximum atomic E-state index is 5.28. The van der Waals surface area contributed by atoms with Crippen molar-refractivity contribution in [3.05, 3.63) is 47.3 Å². The molecule has 0 saturated carbocycles. The van der Waals surface area contributed by atoms with Gasteiger partial charge in [0, 0.05) is 19.0 Å². The first kappa shape index (κ1) is 12.9. The number of benzene rings is 1. The minimum absolute atomic E-state index is 0.347. The van der Waals surface area contributed by atoms with Crippen LogP contribution in [0.1, 0.15) is 54.8 Å². The van der Waals surface area contributed by atoms with Gasteiger partial charge >= 0.3 is 0 Å². The Morgan fingerprint density at radius 2 is 1.95 bits per heavy atom. The highest BCUT2D eigenvalue weighted by molar-refractivity contribution is 5.52. The fraction of sp³-hybridized carbons (Fsp3) is 0.471. The highest BCUT2D eigenvalue weighted by Gasteiger charge is 2.33. The Labute approximate surface area is 125 Å². The van der Waals surface area contributed by atoms with Gasteiger partial charge in [-0.25, -0.2) is 5.01 Å². The van der Waals surface area contributed by atoms with Gasteiger partial charge < -0.3 is 9.95 Å². The molecule has 2 unspecified atom stereocenters. The summed E-state index contributed by atoms with van der Waals surface area (Å²) in [6, 6.07) is 8.73. The van der Waals surface area contributed by atoms with E-state index in [0.717, 1.165) is 30.9 Å². The second kappa shape index (κ2) is 5.19. The lowest BCUT2D eigenvalue weighted by Gasteiger charge is -2.18. The van der Waals surface area contributed by atoms with Gasteiger partial charge in [0.25, 0.3) is 0 Å². The SMILES string of the molecule is CC1CC(c2nocc2NN2CCCC2)c2ccccc21. The lowest BCUT2D eigenvalue weighted by atomic mass is 9.97. The largest absolute Gasteiger partial charge is 0.362 e. The molecule has 4 nitrogen and oxygen atoms in total. The molecule has 2 heterocycles. The van der Waals surface area contributed by atoms with E-state index in [1.54, 1.807) is 6.26 Å². The van der Waals surface area contributed by atoms with E-state index in [1.807, 2.05) is 0 Å². The summed E-state index contributed by atoms with van der Waals surface area (Å²) in [5, 5.41) is 6.57. The van der Waals surface area contributed by atoms with Gasteiger partial charge in [0.2, 0.25) is 0 Å². The molecule has 0 spiro atoms. The van der Waals surface area contributed by atoms with Gasteiger partial charge in [-0.3, -0.25) is 0 Å². The Balaban J connectivity index is 1.64. The molecule has 1 aromatic carbocycles. The summed E-state index contributed by atoms with van der Waals surface area (Å²) in [5.41, 5.74) is 8.44. The number of hydrogen-bond acceptors (Lipinski definition) is 4. The van der Waals surface area contributed by atoms with Crippen molar-refractivity contribution < 1.29 is 4.52 Å². The summed E-state index contributed by atoms with van der Waals surface area (Å²) in [6.07, 6.45) is 5.38. The third-order valence-corrected chi connectivity index (χ3v) is 4.80. The molecular weight excluding hydrogens is 262 g/mol. The Kier molecular flexibility index (Phi) is 3.19. The third-order valence-electron chi connectivity index (χ3n) is 4.80. The predicted octanol–water partition coefficient (Wildman–Crippen LogP) is 3.74. The van der Waals surface area contributed by atoms with Crippen molar-refractivity contribution in [2.75, 3.05) is 18.5 Å². The molecule has 1 N–H and O–H groups in total. The highest BCUT2D eigenvalue weighted by atomic mass is 16.5. The molecule has 2 aliphatic rings. The van der Waals surface area contributed by atoms with Gasteiger partial charge in [-0.15, -0.1) is 0 Å². The lowest BCUT2D eigenvalue weighted by molar-refractivity contribution is 0.402. The fourth-order valence-corrected chi connectivity index (χ4v) is 3.72. The lowest BCUT2D eigenvalue weighted by Crippen LogP contribution is -2.26. The zero-order valence-electron chi connectivity index (χ0n) is 12.4. The molecule has 1 fully saturated rings. The van der Waals surface area contributed by atoms with Crippen LogP contribution in [0.5, 0.6) is 0 Å². The Morgan fingerprint density at radius 3 is 2.76 bits per heavy atom. The van der Waals surface area contributed by atoms with Crippen LogP contribution < -0.4 is 5.43 Å². The van der Waals surface area contributed by atoms with E-state index >= 15 is 0 Å². The Hall–Kier alpha value is -1.81. The molecule has 4 rings (SSSR count). The molecule has 1 saturated heterocycles. The number of nitrogens with one attached hydrogen (secondary N) is 1. The van der Waals surface area contributed by atoms with Crippen molar-refractivity contribution in [2.45, 2.75) is 38.0 Å². The summed E-state index contributed by atoms with van der Waals surface area (Å²) in [7, 11) is 0. The van der Waals surface area contributed by atoms with Crippen LogP contribution in [0, 0.1) is 0 Å². The number of aromatic nitrogens is 1. The van der Waals surface area contributed by atoms with Gasteiger partial charge in [-0.2, -0.15) is 0 Å². The number of hydrogen-bond donors (Lipinski definition) is 1. The number of anilines is 1. The first-order chi connectivity index (χ1) is 10.3. The van der Waals surface area contributed by atoms with Gasteiger partial charge in [-0.1, -0.05) is 36.3 Å². The number of hydrazine groups is 1. The monoisotopic (exact) mass is 283 g/mol. The Bertz CT molecular complexity index is 630. The van der Waals surface area contributed by atoms with E-state index in [9.17, 15) is 0 Å². The highest BCUT2D eigenvalue weighted by Crippen LogP contribution is 2.46. The van der Waals surface area contributed by atoms with E-state index in [2.05, 4.69) is 46.8 Å². The average molecular weight is 283 g/mol. The maximum Gasteiger partial charge on any atom is 0.148 e. The second-order valence-corrected chi connectivity index (χ2v) is 6.24. The van der Waals surface area contributed by atoms with Crippen LogP contribution in [0.2, 0.25) is 0 Å². The molecule has 21 heavy (non-hydrogen) atoms. The van der Waals surface area contributed by atoms with Crippen molar-refractivity contribution in [3.8, 4) is 0 Å². The summed E-state index contributed by atoms with van der Waals surface area (Å²) < 4.78 is 5.28. The quantitative estimate of drug-likeness (QED) is 0.931. The molecule has 1 aliphatic heterocycles. The van der Waals surface area contributed by atoms with E-state index in [4.69, 9.17) is 4.52 Å². The molecule has 1 aliphatic carbocycles. The second-order valence-electron chi connectivity index (χ2n) is 6.24. The smallest absolute Gasteiger partial charge is 0.148 e. The molecular formula is C17H21N3O. The molecule has 110 valence electrons. The molecule has 0 bridgehead atoms. The molecule has 1 aromatic heterocycles. The normalized spacial score (nSPS) is 25.2. The van der Waals surface area contributed by atoms with E-state index in [-0.39, 0.29) is 0 Å². The van der Waals surface area contributed by atoms with Crippen LogP contribution >= 0.6 is 0 Å². The Morgan fingerprint density at radius 1 is 1.19 bits per heavy atom. The van der Waals surface area contributed by atoms with E-state index in [1.165, 1.54) is 24.0 Å². The standard InChI is InChI=1S/C17H21N3O/c1-12-10-15(14-7-3-2-6-13(12)14)17-16(11-21-19-17)18-20-8-4-5-9-20/h2-3,6-7,11-12,15,18H,4-5,8-10H2,1H3. The summed E-state index contributed by atoms with van der Waals surface area (Å²) in [4.78, 5) is 0. The fourth-order valence-electron chi connectivity index (χ4n) is 3.72. The maximum absolute atomic E-state index is 5.28. The predicted molar refractivity (Wildman–Crippen MR) is 82.2 cm³/mol. The van der Waals surface area contributed by atoms with Gasteiger partial charge in [-0.05, 0) is 36.3 Å². The summed E-state index contributed by atoms with van der Waals surface area (Å²) in [6.45, 7) is 4.50. The molecule has 4 heteroatoms. The molecule has 2 atom stereocenters. The van der Waals surface area contributed by atoms with Crippen LogP contribution in [0.3, 0.4) is 0 Å². The summed E-state index contributed by atoms with van der Waals surface area (Å²) in [5.74, 6) is 0.933. The number of rotatable bonds is 3. The number of nitrogens with zero attached hydrogens (tertiary/aromatic N) is 2.